The number of hydrogen-bond donors (Lipinski definition) is 2. The highest BCUT2D eigenvalue weighted by Crippen LogP contribution is 2.43. The summed E-state index contributed by atoms with van der Waals surface area (Å²) < 4.78 is 27.2. The third kappa shape index (κ3) is 17.6. The molecule has 0 rings (SSSR count). The molecule has 0 aromatic heterocycles. The summed E-state index contributed by atoms with van der Waals surface area (Å²) >= 11 is 0. The molecule has 0 radical (unpaired) electrons. The van der Waals surface area contributed by atoms with Crippen molar-refractivity contribution < 1.29 is 37.6 Å². The van der Waals surface area contributed by atoms with Gasteiger partial charge < -0.3 is 19.2 Å². The topological polar surface area (TPSA) is 102 Å². The first kappa shape index (κ1) is 27.5. The predicted molar refractivity (Wildman–Crippen MR) is 109 cm³/mol. The molecule has 2 N–H and O–H groups in total. The van der Waals surface area contributed by atoms with E-state index in [2.05, 4.69) is 6.92 Å². The number of ether oxygens (including phenoxy) is 1. The zero-order chi connectivity index (χ0) is 21.5. The molecule has 0 amide bonds. The third-order valence-electron chi connectivity index (χ3n) is 4.18. The number of esters is 1. The molecule has 0 aliphatic rings. The van der Waals surface area contributed by atoms with E-state index in [1.165, 1.54) is 32.1 Å². The van der Waals surface area contributed by atoms with Crippen LogP contribution < -0.4 is 0 Å². The summed E-state index contributed by atoms with van der Waals surface area (Å²) in [6.07, 6.45) is 8.28. The summed E-state index contributed by atoms with van der Waals surface area (Å²) in [5.74, 6) is -0.438. The highest BCUT2D eigenvalue weighted by atomic mass is 31.2. The van der Waals surface area contributed by atoms with Crippen molar-refractivity contribution in [3.63, 3.8) is 0 Å². The van der Waals surface area contributed by atoms with Gasteiger partial charge in [0, 0.05) is 6.42 Å². The Balaban J connectivity index is 3.93. The van der Waals surface area contributed by atoms with Crippen molar-refractivity contribution >= 4 is 13.8 Å². The van der Waals surface area contributed by atoms with Gasteiger partial charge in [-0.3, -0.25) is 13.8 Å². The maximum atomic E-state index is 11.8. The van der Waals surface area contributed by atoms with Gasteiger partial charge in [0.15, 0.2) is 0 Å². The lowest BCUT2D eigenvalue weighted by Crippen LogP contribution is -2.37. The molecule has 0 saturated heterocycles. The number of rotatable bonds is 18. The van der Waals surface area contributed by atoms with Crippen LogP contribution in [0.2, 0.25) is 0 Å². The summed E-state index contributed by atoms with van der Waals surface area (Å²) in [6, 6.07) is 0. The average Bonchev–Trinajstić information content (AvgIpc) is 2.59. The minimum absolute atomic E-state index is 0.0549. The summed E-state index contributed by atoms with van der Waals surface area (Å²) in [5.41, 5.74) is 0. The molecule has 2 atom stereocenters. The second-order valence-corrected chi connectivity index (χ2v) is 9.58. The van der Waals surface area contributed by atoms with Crippen LogP contribution in [0.3, 0.4) is 0 Å². The Labute approximate surface area is 170 Å². The second kappa shape index (κ2) is 15.4. The quantitative estimate of drug-likeness (QED) is 0.150. The molecule has 0 aromatic carbocycles. The maximum absolute atomic E-state index is 11.8. The highest BCUT2D eigenvalue weighted by Gasteiger charge is 2.25. The molecular formula is C19H41NO7P+. The minimum Gasteiger partial charge on any atom is -0.457 e. The number of phosphoric ester groups is 1. The van der Waals surface area contributed by atoms with Crippen LogP contribution in [0.25, 0.3) is 0 Å². The van der Waals surface area contributed by atoms with Crippen molar-refractivity contribution in [2.75, 3.05) is 47.5 Å². The van der Waals surface area contributed by atoms with Crippen molar-refractivity contribution in [3.8, 4) is 0 Å². The molecule has 0 bridgehead atoms. The Morgan fingerprint density at radius 3 is 2.11 bits per heavy atom. The summed E-state index contributed by atoms with van der Waals surface area (Å²) in [7, 11) is 1.55. The molecule has 0 aromatic rings. The summed E-state index contributed by atoms with van der Waals surface area (Å²) in [6.45, 7) is 1.90. The molecule has 1 unspecified atom stereocenters. The van der Waals surface area contributed by atoms with Crippen molar-refractivity contribution in [1.82, 2.24) is 0 Å². The van der Waals surface area contributed by atoms with E-state index in [1.54, 1.807) is 0 Å². The van der Waals surface area contributed by atoms with Gasteiger partial charge in [-0.1, -0.05) is 51.9 Å². The lowest BCUT2D eigenvalue weighted by molar-refractivity contribution is -0.870. The maximum Gasteiger partial charge on any atom is 0.472 e. The number of unbranched alkanes of at least 4 members (excludes halogenated alkanes) is 7. The summed E-state index contributed by atoms with van der Waals surface area (Å²) in [5, 5.41) is 9.30. The predicted octanol–water partition coefficient (Wildman–Crippen LogP) is 3.26. The van der Waals surface area contributed by atoms with Crippen molar-refractivity contribution in [1.29, 1.82) is 0 Å². The summed E-state index contributed by atoms with van der Waals surface area (Å²) in [4.78, 5) is 21.5. The van der Waals surface area contributed by atoms with Gasteiger partial charge in [-0.05, 0) is 6.42 Å². The number of likely N-dealkylation sites (N-methyl/N-ethyl adjacent to an activating group) is 1. The molecule has 168 valence electrons. The van der Waals surface area contributed by atoms with Crippen LogP contribution in [-0.2, 0) is 23.1 Å². The molecule has 0 aliphatic heterocycles. The Bertz CT molecular complexity index is 454. The first-order valence-corrected chi connectivity index (χ1v) is 11.8. The SMILES string of the molecule is CCCCCCCCCCC(=O)O[C@H](CO)COP(=O)(O)OCC[N+](C)(C)C. The van der Waals surface area contributed by atoms with Crippen LogP contribution in [0.5, 0.6) is 0 Å². The van der Waals surface area contributed by atoms with Gasteiger partial charge in [0.25, 0.3) is 0 Å². The number of aliphatic hydroxyl groups excluding tert-OH is 1. The Morgan fingerprint density at radius 2 is 1.57 bits per heavy atom. The standard InChI is InChI=1S/C19H40NO7P/c1-5-6-7-8-9-10-11-12-13-19(22)27-18(16-21)17-26-28(23,24)25-15-14-20(2,3)4/h18,21H,5-17H2,1-4H3/p+1/t18-/m1/s1. The van der Waals surface area contributed by atoms with E-state index in [4.69, 9.17) is 13.8 Å². The van der Waals surface area contributed by atoms with Gasteiger partial charge in [0.2, 0.25) is 0 Å². The van der Waals surface area contributed by atoms with Gasteiger partial charge in [0.05, 0.1) is 34.4 Å². The number of aliphatic hydroxyl groups is 1. The largest absolute Gasteiger partial charge is 0.472 e. The van der Waals surface area contributed by atoms with Gasteiger partial charge in [-0.25, -0.2) is 4.57 Å². The highest BCUT2D eigenvalue weighted by molar-refractivity contribution is 7.47. The van der Waals surface area contributed by atoms with Crippen LogP contribution in [0.15, 0.2) is 0 Å². The average molecular weight is 427 g/mol. The fourth-order valence-corrected chi connectivity index (χ4v) is 3.16. The van der Waals surface area contributed by atoms with Gasteiger partial charge in [-0.2, -0.15) is 0 Å². The zero-order valence-corrected chi connectivity index (χ0v) is 19.0. The van der Waals surface area contributed by atoms with E-state index in [0.29, 0.717) is 11.0 Å². The fourth-order valence-electron chi connectivity index (χ4n) is 2.42. The molecule has 0 aliphatic carbocycles. The van der Waals surface area contributed by atoms with Crippen molar-refractivity contribution in [3.05, 3.63) is 0 Å². The van der Waals surface area contributed by atoms with E-state index in [0.717, 1.165) is 19.3 Å². The van der Waals surface area contributed by atoms with Crippen LogP contribution in [-0.4, -0.2) is 74.1 Å². The number of hydrogen-bond acceptors (Lipinski definition) is 6. The molecule has 0 heterocycles. The van der Waals surface area contributed by atoms with Gasteiger partial charge in [-0.15, -0.1) is 0 Å². The fraction of sp³-hybridized carbons (Fsp3) is 0.947. The zero-order valence-electron chi connectivity index (χ0n) is 18.1. The lowest BCUT2D eigenvalue weighted by atomic mass is 10.1. The number of carbonyl (C=O) groups is 1. The normalized spacial score (nSPS) is 15.2. The molecular weight excluding hydrogens is 385 g/mol. The molecule has 9 heteroatoms. The second-order valence-electron chi connectivity index (χ2n) is 8.13. The minimum atomic E-state index is -4.24. The number of phosphoric acid groups is 1. The first-order valence-electron chi connectivity index (χ1n) is 10.3. The number of quaternary nitrogens is 1. The van der Waals surface area contributed by atoms with E-state index < -0.39 is 33.1 Å². The first-order chi connectivity index (χ1) is 13.1. The number of carbonyl (C=O) groups excluding carboxylic acids is 1. The van der Waals surface area contributed by atoms with Crippen molar-refractivity contribution in [2.45, 2.75) is 70.8 Å². The van der Waals surface area contributed by atoms with Crippen LogP contribution in [0.1, 0.15) is 64.7 Å². The Hall–Kier alpha value is -0.500. The Kier molecular flexibility index (Phi) is 15.1. The van der Waals surface area contributed by atoms with Crippen LogP contribution in [0, 0.1) is 0 Å². The van der Waals surface area contributed by atoms with E-state index >= 15 is 0 Å². The van der Waals surface area contributed by atoms with Gasteiger partial charge >= 0.3 is 13.8 Å². The van der Waals surface area contributed by atoms with E-state index in [1.807, 2.05) is 21.1 Å². The van der Waals surface area contributed by atoms with E-state index in [-0.39, 0.29) is 13.0 Å². The molecule has 28 heavy (non-hydrogen) atoms. The smallest absolute Gasteiger partial charge is 0.457 e. The molecule has 0 saturated carbocycles. The molecule has 0 spiro atoms. The van der Waals surface area contributed by atoms with E-state index in [9.17, 15) is 19.4 Å². The lowest BCUT2D eigenvalue weighted by Gasteiger charge is -2.24. The van der Waals surface area contributed by atoms with Gasteiger partial charge in [0.1, 0.15) is 19.3 Å². The monoisotopic (exact) mass is 426 g/mol. The van der Waals surface area contributed by atoms with Crippen molar-refractivity contribution in [2.24, 2.45) is 0 Å². The molecule has 8 nitrogen and oxygen atoms in total. The number of nitrogens with zero attached hydrogens (tertiary/aromatic N) is 1. The third-order valence-corrected chi connectivity index (χ3v) is 5.16. The van der Waals surface area contributed by atoms with Crippen LogP contribution in [0.4, 0.5) is 0 Å². The Morgan fingerprint density at radius 1 is 1.00 bits per heavy atom. The van der Waals surface area contributed by atoms with Crippen LogP contribution >= 0.6 is 7.82 Å². The molecule has 0 fully saturated rings.